The maximum atomic E-state index is 12.4. The van der Waals surface area contributed by atoms with Gasteiger partial charge in [-0.15, -0.1) is 0 Å². The maximum Gasteiger partial charge on any atom is 0.271 e. The number of hydrogen-bond donors (Lipinski definition) is 2. The van der Waals surface area contributed by atoms with Crippen molar-refractivity contribution in [1.82, 2.24) is 20.0 Å². The Bertz CT molecular complexity index is 1670. The third-order valence-electron chi connectivity index (χ3n) is 5.51. The first-order chi connectivity index (χ1) is 17.0. The lowest BCUT2D eigenvalue weighted by Crippen LogP contribution is -2.17. The number of carbonyl (C=O) groups excluding carboxylic acids is 1. The minimum Gasteiger partial charge on any atom is -0.507 e. The molecule has 0 spiro atoms. The van der Waals surface area contributed by atoms with Crippen molar-refractivity contribution in [1.29, 1.82) is 5.26 Å². The fourth-order valence-electron chi connectivity index (χ4n) is 3.77. The predicted octanol–water partition coefficient (Wildman–Crippen LogP) is 4.63. The number of fused-ring (bicyclic) bond motifs is 2. The van der Waals surface area contributed by atoms with E-state index in [1.165, 1.54) is 18.2 Å². The number of aromatic nitrogens is 3. The molecule has 0 saturated carbocycles. The first-order valence-electron chi connectivity index (χ1n) is 10.6. The summed E-state index contributed by atoms with van der Waals surface area (Å²) in [6.07, 6.45) is 3.49. The number of amides is 1. The number of hydrazone groups is 1. The zero-order valence-corrected chi connectivity index (χ0v) is 18.9. The van der Waals surface area contributed by atoms with Crippen LogP contribution >= 0.6 is 11.6 Å². The minimum atomic E-state index is -0.494. The normalized spacial score (nSPS) is 11.2. The Hall–Kier alpha value is -4.74. The molecule has 0 atom stereocenters. The number of para-hydroxylation sites is 2. The number of nitrogens with zero attached hydrogens (tertiary/aromatic N) is 5. The van der Waals surface area contributed by atoms with E-state index in [0.717, 1.165) is 27.5 Å². The zero-order chi connectivity index (χ0) is 24.4. The second kappa shape index (κ2) is 9.25. The number of hydrogen-bond acceptors (Lipinski definition) is 6. The van der Waals surface area contributed by atoms with Gasteiger partial charge < -0.3 is 9.67 Å². The van der Waals surface area contributed by atoms with Crippen LogP contribution in [0.4, 0.5) is 0 Å². The molecule has 5 rings (SSSR count). The molecule has 0 aliphatic rings. The van der Waals surface area contributed by atoms with Crippen LogP contribution in [0.5, 0.6) is 5.75 Å². The van der Waals surface area contributed by atoms with Crippen molar-refractivity contribution in [2.45, 2.75) is 6.54 Å². The molecule has 8 nitrogen and oxygen atoms in total. The topological polar surface area (TPSA) is 116 Å². The SMILES string of the molecule is N#Cc1cc(C(=O)NN=Cc2cccc3c2ccn3Cc2nc3ccccc3nc2Cl)ccc1O. The molecule has 1 amide bonds. The number of phenols is 1. The summed E-state index contributed by atoms with van der Waals surface area (Å²) in [6.45, 7) is 0.444. The van der Waals surface area contributed by atoms with Gasteiger partial charge in [0.2, 0.25) is 0 Å². The monoisotopic (exact) mass is 480 g/mol. The Kier molecular flexibility index (Phi) is 5.83. The molecule has 0 saturated heterocycles. The molecule has 0 aliphatic carbocycles. The summed E-state index contributed by atoms with van der Waals surface area (Å²) in [6, 6.07) is 21.2. The third kappa shape index (κ3) is 4.40. The Morgan fingerprint density at radius 3 is 2.71 bits per heavy atom. The fraction of sp³-hybridized carbons (Fsp3) is 0.0385. The van der Waals surface area contributed by atoms with Crippen LogP contribution in [-0.4, -0.2) is 31.8 Å². The molecule has 0 bridgehead atoms. The quantitative estimate of drug-likeness (QED) is 0.281. The Balaban J connectivity index is 1.37. The van der Waals surface area contributed by atoms with E-state index in [2.05, 4.69) is 20.5 Å². The summed E-state index contributed by atoms with van der Waals surface area (Å²) < 4.78 is 2.02. The fourth-order valence-corrected chi connectivity index (χ4v) is 3.96. The molecule has 2 N–H and O–H groups in total. The van der Waals surface area contributed by atoms with Gasteiger partial charge in [0.25, 0.3) is 5.91 Å². The van der Waals surface area contributed by atoms with E-state index < -0.39 is 5.91 Å². The van der Waals surface area contributed by atoms with E-state index in [9.17, 15) is 9.90 Å². The number of carbonyl (C=O) groups is 1. The number of benzene rings is 3. The highest BCUT2D eigenvalue weighted by molar-refractivity contribution is 6.30. The van der Waals surface area contributed by atoms with Gasteiger partial charge in [0, 0.05) is 28.2 Å². The predicted molar refractivity (Wildman–Crippen MR) is 133 cm³/mol. The average Bonchev–Trinajstić information content (AvgIpc) is 3.28. The molecule has 0 fully saturated rings. The molecule has 9 heteroatoms. The van der Waals surface area contributed by atoms with Crippen molar-refractivity contribution in [3.8, 4) is 11.8 Å². The summed E-state index contributed by atoms with van der Waals surface area (Å²) >= 11 is 6.40. The van der Waals surface area contributed by atoms with Crippen LogP contribution in [0.25, 0.3) is 21.9 Å². The number of aromatic hydroxyl groups is 1. The second-order valence-electron chi connectivity index (χ2n) is 7.72. The zero-order valence-electron chi connectivity index (χ0n) is 18.2. The van der Waals surface area contributed by atoms with E-state index in [0.29, 0.717) is 17.4 Å². The van der Waals surface area contributed by atoms with Crippen LogP contribution in [0.15, 0.2) is 78.0 Å². The highest BCUT2D eigenvalue weighted by Gasteiger charge is 2.11. The Labute approximate surface area is 204 Å². The van der Waals surface area contributed by atoms with Crippen LogP contribution in [0.1, 0.15) is 27.2 Å². The van der Waals surface area contributed by atoms with Crippen molar-refractivity contribution < 1.29 is 9.90 Å². The molecular formula is C26H17ClN6O2. The molecular weight excluding hydrogens is 464 g/mol. The van der Waals surface area contributed by atoms with Crippen LogP contribution in [0, 0.1) is 11.3 Å². The van der Waals surface area contributed by atoms with Gasteiger partial charge >= 0.3 is 0 Å². The second-order valence-corrected chi connectivity index (χ2v) is 8.07. The lowest BCUT2D eigenvalue weighted by atomic mass is 10.1. The van der Waals surface area contributed by atoms with Gasteiger partial charge in [-0.2, -0.15) is 10.4 Å². The summed E-state index contributed by atoms with van der Waals surface area (Å²) in [7, 11) is 0. The number of nitriles is 1. The van der Waals surface area contributed by atoms with E-state index in [4.69, 9.17) is 16.9 Å². The van der Waals surface area contributed by atoms with Crippen LogP contribution in [-0.2, 0) is 6.54 Å². The Morgan fingerprint density at radius 1 is 1.11 bits per heavy atom. The molecule has 2 aromatic heterocycles. The average molecular weight is 481 g/mol. The minimum absolute atomic E-state index is 0.0175. The van der Waals surface area contributed by atoms with Crippen LogP contribution < -0.4 is 5.43 Å². The van der Waals surface area contributed by atoms with Gasteiger partial charge in [0.1, 0.15) is 11.8 Å². The molecule has 0 unspecified atom stereocenters. The highest BCUT2D eigenvalue weighted by Crippen LogP contribution is 2.23. The van der Waals surface area contributed by atoms with E-state index in [1.54, 1.807) is 6.21 Å². The molecule has 0 aliphatic heterocycles. The first-order valence-corrected chi connectivity index (χ1v) is 11.0. The first kappa shape index (κ1) is 22.1. The number of rotatable bonds is 5. The van der Waals surface area contributed by atoms with Gasteiger partial charge in [0.05, 0.1) is 35.1 Å². The Morgan fingerprint density at radius 2 is 1.91 bits per heavy atom. The van der Waals surface area contributed by atoms with Gasteiger partial charge in [0.15, 0.2) is 5.15 Å². The summed E-state index contributed by atoms with van der Waals surface area (Å²) in [5, 5.41) is 24.0. The van der Waals surface area contributed by atoms with Gasteiger partial charge in [-0.1, -0.05) is 35.9 Å². The maximum absolute atomic E-state index is 12.4. The molecule has 0 radical (unpaired) electrons. The van der Waals surface area contributed by atoms with E-state index >= 15 is 0 Å². The number of nitrogens with one attached hydrogen (secondary N) is 1. The molecule has 5 aromatic rings. The number of phenolic OH excluding ortho intramolecular Hbond substituents is 1. The van der Waals surface area contributed by atoms with Crippen molar-refractivity contribution in [3.63, 3.8) is 0 Å². The van der Waals surface area contributed by atoms with Crippen LogP contribution in [0.3, 0.4) is 0 Å². The van der Waals surface area contributed by atoms with Crippen molar-refractivity contribution in [2.75, 3.05) is 0 Å². The van der Waals surface area contributed by atoms with Crippen molar-refractivity contribution in [3.05, 3.63) is 100 Å². The standard InChI is InChI=1S/C26H17ClN6O2/c27-25-22(30-20-5-1-2-6-21(20)31-25)15-33-11-10-19-17(4-3-7-23(19)33)14-29-32-26(35)16-8-9-24(34)18(12-16)13-28/h1-12,14,34H,15H2,(H,32,35). The van der Waals surface area contributed by atoms with Crippen LogP contribution in [0.2, 0.25) is 5.15 Å². The van der Waals surface area contributed by atoms with E-state index in [-0.39, 0.29) is 16.9 Å². The van der Waals surface area contributed by atoms with E-state index in [1.807, 2.05) is 65.4 Å². The van der Waals surface area contributed by atoms with Gasteiger partial charge in [-0.3, -0.25) is 4.79 Å². The molecule has 2 heterocycles. The molecule has 35 heavy (non-hydrogen) atoms. The molecule has 3 aromatic carbocycles. The number of halogens is 1. The summed E-state index contributed by atoms with van der Waals surface area (Å²) in [4.78, 5) is 21.5. The van der Waals surface area contributed by atoms with Crippen molar-refractivity contribution in [2.24, 2.45) is 5.10 Å². The lowest BCUT2D eigenvalue weighted by molar-refractivity contribution is 0.0955. The van der Waals surface area contributed by atoms with Gasteiger partial charge in [-0.05, 0) is 42.5 Å². The largest absolute Gasteiger partial charge is 0.507 e. The summed E-state index contributed by atoms with van der Waals surface area (Å²) in [5.74, 6) is -0.674. The molecule has 170 valence electrons. The smallest absolute Gasteiger partial charge is 0.271 e. The van der Waals surface area contributed by atoms with Crippen molar-refractivity contribution >= 4 is 45.7 Å². The van der Waals surface area contributed by atoms with Gasteiger partial charge in [-0.25, -0.2) is 15.4 Å². The lowest BCUT2D eigenvalue weighted by Gasteiger charge is -2.08. The summed E-state index contributed by atoms with van der Waals surface area (Å²) in [5.41, 5.74) is 6.63. The highest BCUT2D eigenvalue weighted by atomic mass is 35.5. The third-order valence-corrected chi connectivity index (χ3v) is 5.81.